The molecule has 0 saturated carbocycles. The number of nitrogens with one attached hydrogen (secondary N) is 1. The molecule has 0 aliphatic rings. The van der Waals surface area contributed by atoms with Crippen molar-refractivity contribution < 1.29 is 8.76 Å². The van der Waals surface area contributed by atoms with Crippen LogP contribution in [-0.2, 0) is 11.1 Å². The number of hydrogen-bond donors (Lipinski definition) is 2. The van der Waals surface area contributed by atoms with Crippen molar-refractivity contribution in [2.75, 3.05) is 12.4 Å². The summed E-state index contributed by atoms with van der Waals surface area (Å²) in [6.45, 7) is 0. The Morgan fingerprint density at radius 3 is 2.91 bits per heavy atom. The van der Waals surface area contributed by atoms with Crippen LogP contribution in [-0.4, -0.2) is 20.8 Å². The molecular weight excluding hydrogens is 164 g/mol. The van der Waals surface area contributed by atoms with Crippen LogP contribution in [0.15, 0.2) is 23.4 Å². The van der Waals surface area contributed by atoms with Gasteiger partial charge in [-0.15, -0.1) is 0 Å². The molecule has 0 amide bonds. The van der Waals surface area contributed by atoms with Crippen LogP contribution in [0.5, 0.6) is 0 Å². The molecule has 1 aromatic rings. The van der Waals surface area contributed by atoms with E-state index >= 15 is 0 Å². The van der Waals surface area contributed by atoms with E-state index in [0.29, 0.717) is 10.6 Å². The van der Waals surface area contributed by atoms with Crippen molar-refractivity contribution in [2.24, 2.45) is 0 Å². The van der Waals surface area contributed by atoms with E-state index in [1.807, 2.05) is 0 Å². The van der Waals surface area contributed by atoms with E-state index in [-0.39, 0.29) is 0 Å². The average molecular weight is 172 g/mol. The monoisotopic (exact) mass is 172 g/mol. The normalized spacial score (nSPS) is 12.5. The first-order chi connectivity index (χ1) is 5.25. The summed E-state index contributed by atoms with van der Waals surface area (Å²) >= 11 is -1.94. The highest BCUT2D eigenvalue weighted by Gasteiger charge is 2.04. The van der Waals surface area contributed by atoms with Crippen LogP contribution in [0, 0.1) is 0 Å². The van der Waals surface area contributed by atoms with Crippen molar-refractivity contribution >= 4 is 16.8 Å². The molecule has 0 fully saturated rings. The summed E-state index contributed by atoms with van der Waals surface area (Å²) in [5.74, 6) is 0. The maximum atomic E-state index is 10.6. The van der Waals surface area contributed by atoms with Crippen molar-refractivity contribution in [1.29, 1.82) is 0 Å². The van der Waals surface area contributed by atoms with E-state index in [4.69, 9.17) is 4.55 Å². The maximum Gasteiger partial charge on any atom is 0.188 e. The van der Waals surface area contributed by atoms with Crippen molar-refractivity contribution in [1.82, 2.24) is 4.98 Å². The molecule has 0 aromatic carbocycles. The summed E-state index contributed by atoms with van der Waals surface area (Å²) in [6, 6.07) is 1.50. The number of nitrogens with zero attached hydrogens (tertiary/aromatic N) is 1. The second-order valence-electron chi connectivity index (χ2n) is 1.87. The first-order valence-corrected chi connectivity index (χ1v) is 4.09. The van der Waals surface area contributed by atoms with Crippen LogP contribution in [0.25, 0.3) is 0 Å². The van der Waals surface area contributed by atoms with Crippen LogP contribution in [0.4, 0.5) is 5.69 Å². The van der Waals surface area contributed by atoms with Crippen LogP contribution in [0.3, 0.4) is 0 Å². The number of aromatic nitrogens is 1. The maximum absolute atomic E-state index is 10.6. The van der Waals surface area contributed by atoms with Crippen LogP contribution in [0.1, 0.15) is 0 Å². The first kappa shape index (κ1) is 8.16. The molecule has 1 aromatic heterocycles. The lowest BCUT2D eigenvalue weighted by Crippen LogP contribution is -1.97. The van der Waals surface area contributed by atoms with Gasteiger partial charge >= 0.3 is 0 Å². The molecule has 11 heavy (non-hydrogen) atoms. The highest BCUT2D eigenvalue weighted by atomic mass is 32.2. The Hall–Kier alpha value is -0.940. The summed E-state index contributed by atoms with van der Waals surface area (Å²) in [4.78, 5) is 4.14. The van der Waals surface area contributed by atoms with E-state index in [9.17, 15) is 4.21 Å². The van der Waals surface area contributed by atoms with Gasteiger partial charge in [-0.3, -0.25) is 4.98 Å². The average Bonchev–Trinajstić information content (AvgIpc) is 2.04. The number of anilines is 1. The minimum absolute atomic E-state index is 0.350. The van der Waals surface area contributed by atoms with Crippen molar-refractivity contribution in [3.05, 3.63) is 18.5 Å². The minimum atomic E-state index is -1.94. The van der Waals surface area contributed by atoms with E-state index in [1.54, 1.807) is 7.05 Å². The molecule has 0 spiro atoms. The lowest BCUT2D eigenvalue weighted by molar-refractivity contribution is 0.564. The topological polar surface area (TPSA) is 62.2 Å². The summed E-state index contributed by atoms with van der Waals surface area (Å²) in [6.07, 6.45) is 2.98. The predicted octanol–water partition coefficient (Wildman–Crippen LogP) is 0.704. The zero-order chi connectivity index (χ0) is 8.27. The van der Waals surface area contributed by atoms with Gasteiger partial charge in [0.1, 0.15) is 0 Å². The van der Waals surface area contributed by atoms with Gasteiger partial charge in [-0.1, -0.05) is 0 Å². The lowest BCUT2D eigenvalue weighted by Gasteiger charge is -2.02. The summed E-state index contributed by atoms with van der Waals surface area (Å²) < 4.78 is 19.4. The first-order valence-electron chi connectivity index (χ1n) is 2.98. The number of rotatable bonds is 2. The summed E-state index contributed by atoms with van der Waals surface area (Å²) in [5.41, 5.74) is 0.577. The van der Waals surface area contributed by atoms with Gasteiger partial charge in [0.25, 0.3) is 0 Å². The molecule has 1 heterocycles. The fraction of sp³-hybridized carbons (Fsp3) is 0.167. The molecule has 4 nitrogen and oxygen atoms in total. The molecule has 5 heteroatoms. The quantitative estimate of drug-likeness (QED) is 0.645. The van der Waals surface area contributed by atoms with Gasteiger partial charge in [0.15, 0.2) is 11.1 Å². The molecule has 0 aliphatic carbocycles. The molecule has 1 rings (SSSR count). The van der Waals surface area contributed by atoms with Gasteiger partial charge in [0.05, 0.1) is 16.8 Å². The largest absolute Gasteiger partial charge is 0.386 e. The second-order valence-corrected chi connectivity index (χ2v) is 2.81. The third-order valence-electron chi connectivity index (χ3n) is 1.24. The summed E-state index contributed by atoms with van der Waals surface area (Å²) in [5, 5.41) is 2.76. The van der Waals surface area contributed by atoms with E-state index < -0.39 is 11.1 Å². The summed E-state index contributed by atoms with van der Waals surface area (Å²) in [7, 11) is 1.67. The molecular formula is C6H8N2O2S. The highest BCUT2D eigenvalue weighted by Crippen LogP contribution is 2.14. The van der Waals surface area contributed by atoms with Crippen molar-refractivity contribution in [2.45, 2.75) is 4.90 Å². The molecule has 1 unspecified atom stereocenters. The standard InChI is InChI=1S/C6H8N2O2S/c1-7-5-4-8-3-2-6(5)11(9)10/h2-4,7H,1H3,(H,9,10). The Bertz CT molecular complexity index is 277. The molecule has 0 bridgehead atoms. The Labute approximate surface area is 66.9 Å². The van der Waals surface area contributed by atoms with Gasteiger partial charge in [0.2, 0.25) is 0 Å². The Morgan fingerprint density at radius 1 is 1.73 bits per heavy atom. The van der Waals surface area contributed by atoms with E-state index in [0.717, 1.165) is 0 Å². The van der Waals surface area contributed by atoms with Crippen molar-refractivity contribution in [3.63, 3.8) is 0 Å². The van der Waals surface area contributed by atoms with E-state index in [2.05, 4.69) is 10.3 Å². The Balaban J connectivity index is 3.12. The van der Waals surface area contributed by atoms with Crippen LogP contribution in [0.2, 0.25) is 0 Å². The molecule has 0 aliphatic heterocycles. The fourth-order valence-electron chi connectivity index (χ4n) is 0.722. The van der Waals surface area contributed by atoms with E-state index in [1.165, 1.54) is 18.5 Å². The SMILES string of the molecule is CNc1cnccc1S(=O)O. The Morgan fingerprint density at radius 2 is 2.45 bits per heavy atom. The van der Waals surface area contributed by atoms with Gasteiger partial charge in [-0.2, -0.15) is 0 Å². The van der Waals surface area contributed by atoms with Gasteiger partial charge in [-0.25, -0.2) is 4.21 Å². The highest BCUT2D eigenvalue weighted by molar-refractivity contribution is 7.79. The van der Waals surface area contributed by atoms with Crippen molar-refractivity contribution in [3.8, 4) is 0 Å². The molecule has 0 saturated heterocycles. The third kappa shape index (κ3) is 1.75. The van der Waals surface area contributed by atoms with Crippen LogP contribution < -0.4 is 5.32 Å². The molecule has 0 radical (unpaired) electrons. The van der Waals surface area contributed by atoms with Gasteiger partial charge in [-0.05, 0) is 6.07 Å². The van der Waals surface area contributed by atoms with Gasteiger partial charge < -0.3 is 9.87 Å². The zero-order valence-corrected chi connectivity index (χ0v) is 6.76. The smallest absolute Gasteiger partial charge is 0.188 e. The number of pyridine rings is 1. The van der Waals surface area contributed by atoms with Gasteiger partial charge in [0, 0.05) is 13.2 Å². The second kappa shape index (κ2) is 3.45. The fourth-order valence-corrected chi connectivity index (χ4v) is 1.24. The number of hydrogen-bond acceptors (Lipinski definition) is 3. The Kier molecular flexibility index (Phi) is 2.56. The lowest BCUT2D eigenvalue weighted by atomic mass is 10.4. The predicted molar refractivity (Wildman–Crippen MR) is 42.8 cm³/mol. The molecule has 1 atom stereocenters. The minimum Gasteiger partial charge on any atom is -0.386 e. The zero-order valence-electron chi connectivity index (χ0n) is 5.94. The molecule has 60 valence electrons. The third-order valence-corrected chi connectivity index (χ3v) is 1.97. The van der Waals surface area contributed by atoms with Crippen LogP contribution >= 0.6 is 0 Å². The molecule has 2 N–H and O–H groups in total.